The Labute approximate surface area is 166 Å². The maximum Gasteiger partial charge on any atom is 0.227 e. The smallest absolute Gasteiger partial charge is 0.227 e. The third kappa shape index (κ3) is 3.44. The Morgan fingerprint density at radius 3 is 2.82 bits per heavy atom. The van der Waals surface area contributed by atoms with Gasteiger partial charge in [-0.1, -0.05) is 6.07 Å². The fourth-order valence-electron chi connectivity index (χ4n) is 4.22. The Bertz CT molecular complexity index is 1030. The van der Waals surface area contributed by atoms with E-state index in [9.17, 15) is 13.2 Å². The molecular weight excluding hydrogens is 374 g/mol. The summed E-state index contributed by atoms with van der Waals surface area (Å²) >= 11 is 0. The van der Waals surface area contributed by atoms with Crippen molar-refractivity contribution in [2.75, 3.05) is 17.7 Å². The molecule has 2 aromatic rings. The first-order chi connectivity index (χ1) is 13.4. The van der Waals surface area contributed by atoms with Crippen LogP contribution >= 0.6 is 0 Å². The van der Waals surface area contributed by atoms with Crippen molar-refractivity contribution in [2.24, 2.45) is 0 Å². The summed E-state index contributed by atoms with van der Waals surface area (Å²) in [5.74, 6) is 0.216. The van der Waals surface area contributed by atoms with Gasteiger partial charge in [0.25, 0.3) is 0 Å². The molecule has 0 bridgehead atoms. The second-order valence-electron chi connectivity index (χ2n) is 7.52. The molecule has 0 saturated carbocycles. The van der Waals surface area contributed by atoms with Gasteiger partial charge >= 0.3 is 0 Å². The summed E-state index contributed by atoms with van der Waals surface area (Å²) in [5.41, 5.74) is 6.41. The summed E-state index contributed by atoms with van der Waals surface area (Å²) < 4.78 is 27.0. The number of carbonyl (C=O) groups excluding carboxylic acids is 1. The largest absolute Gasteiger partial charge is 0.315 e. The first kappa shape index (κ1) is 19.1. The summed E-state index contributed by atoms with van der Waals surface area (Å²) in [7, 11) is -1.46. The molecular formula is C21H25N3O3S. The number of anilines is 1. The predicted octanol–water partition coefficient (Wildman–Crippen LogP) is 2.97. The molecule has 28 heavy (non-hydrogen) atoms. The van der Waals surface area contributed by atoms with Crippen molar-refractivity contribution in [1.29, 1.82) is 0 Å². The molecule has 2 aliphatic rings. The van der Waals surface area contributed by atoms with Gasteiger partial charge < -0.3 is 4.90 Å². The van der Waals surface area contributed by atoms with Crippen LogP contribution in [0.4, 0.5) is 5.69 Å². The number of pyridine rings is 1. The molecule has 7 heteroatoms. The van der Waals surface area contributed by atoms with E-state index in [1.54, 1.807) is 18.0 Å². The summed E-state index contributed by atoms with van der Waals surface area (Å²) in [6.45, 7) is 1.65. The molecule has 0 saturated heterocycles. The average Bonchev–Trinajstić information content (AvgIpc) is 2.70. The van der Waals surface area contributed by atoms with Gasteiger partial charge in [0.2, 0.25) is 15.9 Å². The number of nitrogens with one attached hydrogen (secondary N) is 1. The van der Waals surface area contributed by atoms with Crippen LogP contribution in [-0.2, 0) is 27.7 Å². The van der Waals surface area contributed by atoms with Crippen LogP contribution in [0.3, 0.4) is 0 Å². The molecule has 0 unspecified atom stereocenters. The Hall–Kier alpha value is -2.25. The maximum atomic E-state index is 12.1. The second-order valence-corrected chi connectivity index (χ2v) is 9.56. The Kier molecular flexibility index (Phi) is 4.97. The first-order valence-corrected chi connectivity index (χ1v) is 11.4. The molecule has 1 aromatic carbocycles. The Morgan fingerprint density at radius 1 is 1.21 bits per heavy atom. The quantitative estimate of drug-likeness (QED) is 0.857. The lowest BCUT2D eigenvalue weighted by molar-refractivity contribution is -0.118. The zero-order valence-corrected chi connectivity index (χ0v) is 17.1. The van der Waals surface area contributed by atoms with Crippen LogP contribution in [0.2, 0.25) is 0 Å². The van der Waals surface area contributed by atoms with Crippen LogP contribution < -0.4 is 9.62 Å². The van der Waals surface area contributed by atoms with Gasteiger partial charge in [0.1, 0.15) is 0 Å². The summed E-state index contributed by atoms with van der Waals surface area (Å²) in [6.07, 6.45) is 7.57. The molecule has 2 heterocycles. The molecule has 0 radical (unpaired) electrons. The highest BCUT2D eigenvalue weighted by Gasteiger charge is 2.27. The lowest BCUT2D eigenvalue weighted by Crippen LogP contribution is -2.32. The van der Waals surface area contributed by atoms with E-state index in [-0.39, 0.29) is 17.7 Å². The van der Waals surface area contributed by atoms with E-state index in [0.717, 1.165) is 53.6 Å². The minimum absolute atomic E-state index is 0.0724. The number of rotatable bonds is 4. The van der Waals surface area contributed by atoms with Crippen molar-refractivity contribution < 1.29 is 13.2 Å². The molecule has 0 fully saturated rings. The zero-order valence-electron chi connectivity index (χ0n) is 16.2. The predicted molar refractivity (Wildman–Crippen MR) is 110 cm³/mol. The molecule has 6 nitrogen and oxygen atoms in total. The average molecular weight is 400 g/mol. The lowest BCUT2D eigenvalue weighted by Gasteiger charge is -2.29. The van der Waals surface area contributed by atoms with Gasteiger partial charge in [-0.15, -0.1) is 0 Å². The number of aryl methyl sites for hydroxylation is 1. The standard InChI is InChI=1S/C21H25N3O3S/c1-3-28(26,27)23-19-6-4-5-16-17(12-22-13-18(16)19)14-7-9-20-15(11-14)8-10-21(25)24(20)2/h7,9,11-13,19,23H,3-6,8,10H2,1-2H3/t19-/m1/s1. The number of hydrogen-bond donors (Lipinski definition) is 1. The fourth-order valence-corrected chi connectivity index (χ4v) is 5.06. The molecule has 148 valence electrons. The van der Waals surface area contributed by atoms with E-state index in [2.05, 4.69) is 15.8 Å². The Morgan fingerprint density at radius 2 is 2.04 bits per heavy atom. The number of aromatic nitrogens is 1. The molecule has 0 spiro atoms. The van der Waals surface area contributed by atoms with Gasteiger partial charge in [0, 0.05) is 43.2 Å². The third-order valence-electron chi connectivity index (χ3n) is 5.82. The molecule has 1 aliphatic heterocycles. The van der Waals surface area contributed by atoms with Gasteiger partial charge in [0.15, 0.2) is 0 Å². The number of hydrogen-bond acceptors (Lipinski definition) is 4. The number of nitrogens with zero attached hydrogens (tertiary/aromatic N) is 2. The normalized spacial score (nSPS) is 19.3. The molecule has 1 amide bonds. The van der Waals surface area contributed by atoms with Gasteiger partial charge in [-0.3, -0.25) is 9.78 Å². The van der Waals surface area contributed by atoms with Crippen LogP contribution in [0.15, 0.2) is 30.6 Å². The van der Waals surface area contributed by atoms with Crippen molar-refractivity contribution >= 4 is 21.6 Å². The van der Waals surface area contributed by atoms with E-state index in [0.29, 0.717) is 6.42 Å². The number of fused-ring (bicyclic) bond motifs is 2. The van der Waals surface area contributed by atoms with E-state index < -0.39 is 10.0 Å². The molecule has 1 aromatic heterocycles. The van der Waals surface area contributed by atoms with Crippen LogP contribution in [0.5, 0.6) is 0 Å². The fraction of sp³-hybridized carbons (Fsp3) is 0.429. The van der Waals surface area contributed by atoms with Crippen molar-refractivity contribution in [1.82, 2.24) is 9.71 Å². The third-order valence-corrected chi connectivity index (χ3v) is 7.23. The van der Waals surface area contributed by atoms with Crippen LogP contribution in [-0.4, -0.2) is 32.1 Å². The number of benzene rings is 1. The highest BCUT2D eigenvalue weighted by molar-refractivity contribution is 7.89. The van der Waals surface area contributed by atoms with Gasteiger partial charge in [-0.25, -0.2) is 13.1 Å². The molecule has 1 N–H and O–H groups in total. The second kappa shape index (κ2) is 7.29. The van der Waals surface area contributed by atoms with Gasteiger partial charge in [0.05, 0.1) is 5.75 Å². The van der Waals surface area contributed by atoms with Crippen LogP contribution in [0, 0.1) is 0 Å². The van der Waals surface area contributed by atoms with Gasteiger partial charge in [-0.2, -0.15) is 0 Å². The van der Waals surface area contributed by atoms with Gasteiger partial charge in [-0.05, 0) is 67.0 Å². The van der Waals surface area contributed by atoms with Crippen LogP contribution in [0.25, 0.3) is 11.1 Å². The monoisotopic (exact) mass is 399 g/mol. The number of carbonyl (C=O) groups is 1. The highest BCUT2D eigenvalue weighted by Crippen LogP contribution is 2.38. The van der Waals surface area contributed by atoms with Crippen molar-refractivity contribution in [2.45, 2.75) is 45.1 Å². The topological polar surface area (TPSA) is 79.4 Å². The Balaban J connectivity index is 1.74. The SMILES string of the molecule is CCS(=O)(=O)N[C@@H]1CCCc2c(-c3ccc4c(c3)CCC(=O)N4C)cncc21. The van der Waals surface area contributed by atoms with E-state index >= 15 is 0 Å². The van der Waals surface area contributed by atoms with E-state index in [4.69, 9.17) is 0 Å². The zero-order chi connectivity index (χ0) is 19.9. The highest BCUT2D eigenvalue weighted by atomic mass is 32.2. The van der Waals surface area contributed by atoms with Crippen LogP contribution in [0.1, 0.15) is 48.9 Å². The summed E-state index contributed by atoms with van der Waals surface area (Å²) in [4.78, 5) is 18.1. The van der Waals surface area contributed by atoms with Crippen molar-refractivity contribution in [3.63, 3.8) is 0 Å². The minimum Gasteiger partial charge on any atom is -0.315 e. The number of amides is 1. The summed E-state index contributed by atoms with van der Waals surface area (Å²) in [5, 5.41) is 0. The van der Waals surface area contributed by atoms with Crippen molar-refractivity contribution in [3.8, 4) is 11.1 Å². The molecule has 4 rings (SSSR count). The first-order valence-electron chi connectivity index (χ1n) is 9.76. The van der Waals surface area contributed by atoms with E-state index in [1.165, 1.54) is 5.56 Å². The lowest BCUT2D eigenvalue weighted by atomic mass is 9.84. The molecule has 1 aliphatic carbocycles. The van der Waals surface area contributed by atoms with Crippen molar-refractivity contribution in [3.05, 3.63) is 47.3 Å². The minimum atomic E-state index is -3.28. The maximum absolute atomic E-state index is 12.1. The van der Waals surface area contributed by atoms with E-state index in [1.807, 2.05) is 25.4 Å². The summed E-state index contributed by atoms with van der Waals surface area (Å²) in [6, 6.07) is 5.96. The number of sulfonamides is 1. The molecule has 1 atom stereocenters.